The van der Waals surface area contributed by atoms with Gasteiger partial charge in [-0.1, -0.05) is 54.9 Å². The number of rotatable bonds is 4. The van der Waals surface area contributed by atoms with E-state index in [1.807, 2.05) is 63.2 Å². The topological polar surface area (TPSA) is 39.2 Å². The third kappa shape index (κ3) is 3.38. The molecular formula is C21H20ClNO2. The largest absolute Gasteiger partial charge is 0.454 e. The number of aromatic nitrogens is 1. The van der Waals surface area contributed by atoms with Crippen LogP contribution in [0.3, 0.4) is 0 Å². The number of fused-ring (bicyclic) bond motifs is 1. The zero-order valence-corrected chi connectivity index (χ0v) is 15.3. The molecule has 0 radical (unpaired) electrons. The Morgan fingerprint density at radius 1 is 1.16 bits per heavy atom. The highest BCUT2D eigenvalue weighted by molar-refractivity contribution is 6.31. The Labute approximate surface area is 152 Å². The van der Waals surface area contributed by atoms with Crippen LogP contribution in [0.15, 0.2) is 48.5 Å². The second-order valence-corrected chi connectivity index (χ2v) is 6.41. The summed E-state index contributed by atoms with van der Waals surface area (Å²) in [5, 5.41) is 1.40. The number of pyridine rings is 1. The summed E-state index contributed by atoms with van der Waals surface area (Å²) in [4.78, 5) is 17.6. The van der Waals surface area contributed by atoms with Crippen LogP contribution < -0.4 is 0 Å². The van der Waals surface area contributed by atoms with Gasteiger partial charge in [-0.2, -0.15) is 0 Å². The Hall–Kier alpha value is -2.39. The molecule has 1 heterocycles. The van der Waals surface area contributed by atoms with Gasteiger partial charge in [-0.3, -0.25) is 4.98 Å². The minimum atomic E-state index is -0.433. The molecule has 0 N–H and O–H groups in total. The van der Waals surface area contributed by atoms with Crippen LogP contribution in [0, 0.1) is 6.92 Å². The maximum atomic E-state index is 12.9. The van der Waals surface area contributed by atoms with E-state index >= 15 is 0 Å². The Morgan fingerprint density at radius 3 is 2.56 bits per heavy atom. The predicted octanol–water partition coefficient (Wildman–Crippen LogP) is 5.68. The zero-order valence-electron chi connectivity index (χ0n) is 14.5. The number of carbonyl (C=O) groups excluding carboxylic acids is 1. The number of ether oxygens (including phenoxy) is 1. The molecule has 0 aliphatic rings. The summed E-state index contributed by atoms with van der Waals surface area (Å²) >= 11 is 6.22. The molecule has 3 nitrogen and oxygen atoms in total. The van der Waals surface area contributed by atoms with Gasteiger partial charge in [0.05, 0.1) is 11.1 Å². The summed E-state index contributed by atoms with van der Waals surface area (Å²) in [6.07, 6.45) is 0.328. The van der Waals surface area contributed by atoms with E-state index in [1.54, 1.807) is 6.07 Å². The fourth-order valence-corrected chi connectivity index (χ4v) is 3.34. The molecule has 1 aromatic heterocycles. The molecule has 0 spiro atoms. The fraction of sp³-hybridized carbons (Fsp3) is 0.238. The molecule has 0 amide bonds. The summed E-state index contributed by atoms with van der Waals surface area (Å²) in [5.41, 5.74) is 3.97. The highest BCUT2D eigenvalue weighted by Crippen LogP contribution is 2.29. The van der Waals surface area contributed by atoms with Gasteiger partial charge in [0.1, 0.15) is 6.10 Å². The van der Waals surface area contributed by atoms with Crippen molar-refractivity contribution < 1.29 is 9.53 Å². The first-order valence-corrected chi connectivity index (χ1v) is 8.74. The molecule has 4 heteroatoms. The van der Waals surface area contributed by atoms with Gasteiger partial charge in [0.2, 0.25) is 0 Å². The summed E-state index contributed by atoms with van der Waals surface area (Å²) in [6.45, 7) is 5.79. The lowest BCUT2D eigenvalue weighted by atomic mass is 10.00. The van der Waals surface area contributed by atoms with E-state index in [9.17, 15) is 4.79 Å². The normalized spacial score (nSPS) is 12.2. The number of aryl methyl sites for hydroxylation is 1. The van der Waals surface area contributed by atoms with Gasteiger partial charge in [-0.25, -0.2) is 4.79 Å². The third-order valence-electron chi connectivity index (χ3n) is 4.40. The number of hydrogen-bond acceptors (Lipinski definition) is 3. The standard InChI is InChI=1S/C21H20ClNO2/c1-4-18-13(2)20(16-10-6-8-12-19(16)23-18)21(24)25-14(3)15-9-5-7-11-17(15)22/h5-12,14H,4H2,1-3H3/t14-/m0/s1. The molecule has 25 heavy (non-hydrogen) atoms. The van der Waals surface area contributed by atoms with Gasteiger partial charge in [-0.15, -0.1) is 0 Å². The van der Waals surface area contributed by atoms with E-state index in [1.165, 1.54) is 0 Å². The summed E-state index contributed by atoms with van der Waals surface area (Å²) in [5.74, 6) is -0.349. The minimum absolute atomic E-state index is 0.349. The van der Waals surface area contributed by atoms with Crippen molar-refractivity contribution in [2.75, 3.05) is 0 Å². The number of halogens is 1. The molecule has 0 aliphatic heterocycles. The maximum absolute atomic E-state index is 12.9. The molecule has 0 bridgehead atoms. The summed E-state index contributed by atoms with van der Waals surface area (Å²) in [7, 11) is 0. The van der Waals surface area contributed by atoms with Crippen LogP contribution in [-0.4, -0.2) is 11.0 Å². The average molecular weight is 354 g/mol. The van der Waals surface area contributed by atoms with Gasteiger partial charge in [0.25, 0.3) is 0 Å². The fourth-order valence-electron chi connectivity index (χ4n) is 3.05. The van der Waals surface area contributed by atoms with Crippen molar-refractivity contribution in [1.29, 1.82) is 0 Å². The first-order chi connectivity index (χ1) is 12.0. The molecule has 0 saturated carbocycles. The van der Waals surface area contributed by atoms with Gasteiger partial charge in [0, 0.05) is 21.7 Å². The van der Waals surface area contributed by atoms with Crippen molar-refractivity contribution in [3.05, 3.63) is 75.9 Å². The van der Waals surface area contributed by atoms with Crippen molar-refractivity contribution in [2.24, 2.45) is 0 Å². The quantitative estimate of drug-likeness (QED) is 0.566. The molecule has 3 rings (SSSR count). The second kappa shape index (κ2) is 7.24. The summed E-state index contributed by atoms with van der Waals surface area (Å²) in [6, 6.07) is 15.1. The van der Waals surface area contributed by atoms with Crippen molar-refractivity contribution >= 4 is 28.5 Å². The highest BCUT2D eigenvalue weighted by atomic mass is 35.5. The molecule has 1 atom stereocenters. The molecule has 0 aliphatic carbocycles. The Morgan fingerprint density at radius 2 is 1.84 bits per heavy atom. The van der Waals surface area contributed by atoms with Crippen LogP contribution in [0.4, 0.5) is 0 Å². The molecule has 128 valence electrons. The number of esters is 1. The van der Waals surface area contributed by atoms with Crippen LogP contribution >= 0.6 is 11.6 Å². The van der Waals surface area contributed by atoms with Crippen LogP contribution in [0.5, 0.6) is 0 Å². The maximum Gasteiger partial charge on any atom is 0.339 e. The van der Waals surface area contributed by atoms with Gasteiger partial charge >= 0.3 is 5.97 Å². The van der Waals surface area contributed by atoms with Crippen molar-refractivity contribution in [3.8, 4) is 0 Å². The Balaban J connectivity index is 2.02. The molecule has 3 aromatic rings. The number of carbonyl (C=O) groups is 1. The predicted molar refractivity (Wildman–Crippen MR) is 101 cm³/mol. The Kier molecular flexibility index (Phi) is 5.05. The van der Waals surface area contributed by atoms with Crippen LogP contribution in [0.2, 0.25) is 5.02 Å². The van der Waals surface area contributed by atoms with Gasteiger partial charge in [-0.05, 0) is 38.0 Å². The van der Waals surface area contributed by atoms with Crippen molar-refractivity contribution in [1.82, 2.24) is 4.98 Å². The van der Waals surface area contributed by atoms with Crippen LogP contribution in [0.1, 0.15) is 47.1 Å². The van der Waals surface area contributed by atoms with E-state index < -0.39 is 6.10 Å². The molecule has 0 fully saturated rings. The first-order valence-electron chi connectivity index (χ1n) is 8.36. The van der Waals surface area contributed by atoms with Crippen LogP contribution in [-0.2, 0) is 11.2 Å². The minimum Gasteiger partial charge on any atom is -0.454 e. The smallest absolute Gasteiger partial charge is 0.339 e. The highest BCUT2D eigenvalue weighted by Gasteiger charge is 2.21. The zero-order chi connectivity index (χ0) is 18.0. The molecule has 2 aromatic carbocycles. The second-order valence-electron chi connectivity index (χ2n) is 6.00. The van der Waals surface area contributed by atoms with E-state index in [2.05, 4.69) is 4.98 Å². The van der Waals surface area contributed by atoms with Gasteiger partial charge < -0.3 is 4.74 Å². The van der Waals surface area contributed by atoms with E-state index in [0.29, 0.717) is 10.6 Å². The SMILES string of the molecule is CCc1nc2ccccc2c(C(=O)O[C@@H](C)c2ccccc2Cl)c1C. The number of nitrogens with zero attached hydrogens (tertiary/aromatic N) is 1. The lowest BCUT2D eigenvalue weighted by Gasteiger charge is -2.18. The average Bonchev–Trinajstić information content (AvgIpc) is 2.61. The monoisotopic (exact) mass is 353 g/mol. The van der Waals surface area contributed by atoms with Gasteiger partial charge in [0.15, 0.2) is 0 Å². The molecular weight excluding hydrogens is 334 g/mol. The number of hydrogen-bond donors (Lipinski definition) is 0. The first kappa shape index (κ1) is 17.4. The van der Waals surface area contributed by atoms with Crippen molar-refractivity contribution in [3.63, 3.8) is 0 Å². The number of para-hydroxylation sites is 1. The molecule has 0 saturated heterocycles. The number of benzene rings is 2. The van der Waals surface area contributed by atoms with Crippen molar-refractivity contribution in [2.45, 2.75) is 33.3 Å². The molecule has 0 unspecified atom stereocenters. The van der Waals surface area contributed by atoms with E-state index in [0.717, 1.165) is 34.1 Å². The lowest BCUT2D eigenvalue weighted by molar-refractivity contribution is 0.0339. The summed E-state index contributed by atoms with van der Waals surface area (Å²) < 4.78 is 5.74. The van der Waals surface area contributed by atoms with E-state index in [4.69, 9.17) is 16.3 Å². The lowest BCUT2D eigenvalue weighted by Crippen LogP contribution is -2.13. The third-order valence-corrected chi connectivity index (χ3v) is 4.75. The Bertz CT molecular complexity index is 936. The van der Waals surface area contributed by atoms with Crippen LogP contribution in [0.25, 0.3) is 10.9 Å². The van der Waals surface area contributed by atoms with E-state index in [-0.39, 0.29) is 5.97 Å².